The van der Waals surface area contributed by atoms with Crippen molar-refractivity contribution >= 4 is 23.2 Å². The van der Waals surface area contributed by atoms with E-state index < -0.39 is 0 Å². The van der Waals surface area contributed by atoms with Crippen LogP contribution in [0.1, 0.15) is 12.8 Å². The second kappa shape index (κ2) is 6.05. The van der Waals surface area contributed by atoms with Gasteiger partial charge >= 0.3 is 0 Å². The van der Waals surface area contributed by atoms with E-state index in [1.54, 1.807) is 23.1 Å². The molecule has 5 nitrogen and oxygen atoms in total. The molecule has 0 bridgehead atoms. The van der Waals surface area contributed by atoms with Gasteiger partial charge in [-0.3, -0.25) is 4.79 Å². The maximum atomic E-state index is 12.7. The lowest BCUT2D eigenvalue weighted by Crippen LogP contribution is -2.41. The van der Waals surface area contributed by atoms with Crippen LogP contribution in [0, 0.1) is 0 Å². The molecular formula is C15H18ClN3O2. The molecule has 0 unspecified atom stereocenters. The Hall–Kier alpha value is -1.56. The Morgan fingerprint density at radius 2 is 2.10 bits per heavy atom. The van der Waals surface area contributed by atoms with Gasteiger partial charge in [-0.1, -0.05) is 11.6 Å². The van der Waals surface area contributed by atoms with E-state index in [-0.39, 0.29) is 5.91 Å². The highest BCUT2D eigenvalue weighted by Gasteiger charge is 2.32. The lowest BCUT2D eigenvalue weighted by molar-refractivity contribution is -0.117. The maximum Gasteiger partial charge on any atom is 0.294 e. The number of carbonyl (C=O) groups is 1. The van der Waals surface area contributed by atoms with Gasteiger partial charge < -0.3 is 20.7 Å². The molecule has 3 N–H and O–H groups in total. The number of nitrogens with one attached hydrogen (secondary N) is 1. The Labute approximate surface area is 128 Å². The van der Waals surface area contributed by atoms with Crippen LogP contribution < -0.4 is 20.7 Å². The monoisotopic (exact) mass is 307 g/mol. The number of ether oxygens (including phenoxy) is 1. The maximum absolute atomic E-state index is 12.7. The molecule has 0 aliphatic carbocycles. The molecule has 2 aliphatic rings. The fourth-order valence-electron chi connectivity index (χ4n) is 2.70. The number of carbonyl (C=O) groups excluding carboxylic acids is 1. The fourth-order valence-corrected chi connectivity index (χ4v) is 2.87. The van der Waals surface area contributed by atoms with E-state index in [2.05, 4.69) is 5.32 Å². The molecule has 0 saturated carbocycles. The summed E-state index contributed by atoms with van der Waals surface area (Å²) in [6, 6.07) is 5.31. The minimum Gasteiger partial charge on any atom is -0.449 e. The van der Waals surface area contributed by atoms with Gasteiger partial charge in [-0.2, -0.15) is 0 Å². The first kappa shape index (κ1) is 14.4. The third-order valence-electron chi connectivity index (χ3n) is 3.74. The average Bonchev–Trinajstić information content (AvgIpc) is 2.51. The Morgan fingerprint density at radius 3 is 2.81 bits per heavy atom. The van der Waals surface area contributed by atoms with E-state index in [4.69, 9.17) is 22.1 Å². The summed E-state index contributed by atoms with van der Waals surface area (Å²) in [6.45, 7) is 2.59. The number of rotatable bonds is 2. The first-order valence-corrected chi connectivity index (χ1v) is 7.50. The van der Waals surface area contributed by atoms with E-state index in [1.165, 1.54) is 0 Å². The summed E-state index contributed by atoms with van der Waals surface area (Å²) in [5.41, 5.74) is 7.41. The highest BCUT2D eigenvalue weighted by molar-refractivity contribution is 6.31. The van der Waals surface area contributed by atoms with Crippen LogP contribution in [-0.2, 0) is 4.79 Å². The molecule has 2 heterocycles. The zero-order chi connectivity index (χ0) is 14.8. The summed E-state index contributed by atoms with van der Waals surface area (Å²) >= 11 is 6.03. The van der Waals surface area contributed by atoms with Crippen molar-refractivity contribution < 1.29 is 9.53 Å². The van der Waals surface area contributed by atoms with Gasteiger partial charge in [-0.25, -0.2) is 0 Å². The highest BCUT2D eigenvalue weighted by atomic mass is 35.5. The predicted molar refractivity (Wildman–Crippen MR) is 82.6 cm³/mol. The number of nitrogens with two attached hydrogens (primary N) is 1. The SMILES string of the molecule is NCCN1C(=O)C(=C2CCNCC2)Oc2ccc(Cl)cc21. The Morgan fingerprint density at radius 1 is 1.33 bits per heavy atom. The van der Waals surface area contributed by atoms with Crippen LogP contribution in [0.15, 0.2) is 29.5 Å². The molecule has 2 aliphatic heterocycles. The highest BCUT2D eigenvalue weighted by Crippen LogP contribution is 2.38. The predicted octanol–water partition coefficient (Wildman–Crippen LogP) is 1.66. The van der Waals surface area contributed by atoms with Gasteiger partial charge in [0, 0.05) is 18.1 Å². The summed E-state index contributed by atoms with van der Waals surface area (Å²) in [4.78, 5) is 14.4. The van der Waals surface area contributed by atoms with Gasteiger partial charge in [0.15, 0.2) is 11.5 Å². The Balaban J connectivity index is 2.04. The molecule has 0 aromatic heterocycles. The lowest BCUT2D eigenvalue weighted by atomic mass is 10.0. The Bertz CT molecular complexity index is 593. The normalized spacial score (nSPS) is 18.6. The minimum absolute atomic E-state index is 0.118. The van der Waals surface area contributed by atoms with E-state index >= 15 is 0 Å². The summed E-state index contributed by atoms with van der Waals surface area (Å²) in [5, 5.41) is 3.85. The first-order chi connectivity index (χ1) is 10.2. The quantitative estimate of drug-likeness (QED) is 0.816. The van der Waals surface area contributed by atoms with E-state index in [1.807, 2.05) is 0 Å². The minimum atomic E-state index is -0.118. The molecule has 1 aromatic rings. The van der Waals surface area contributed by atoms with Crippen molar-refractivity contribution in [3.63, 3.8) is 0 Å². The number of hydrogen-bond donors (Lipinski definition) is 2. The number of piperidine rings is 1. The number of benzene rings is 1. The van der Waals surface area contributed by atoms with Crippen molar-refractivity contribution in [2.45, 2.75) is 12.8 Å². The van der Waals surface area contributed by atoms with Crippen molar-refractivity contribution in [1.29, 1.82) is 0 Å². The lowest BCUT2D eigenvalue weighted by Gasteiger charge is -2.32. The van der Waals surface area contributed by atoms with Crippen LogP contribution in [0.3, 0.4) is 0 Å². The van der Waals surface area contributed by atoms with Crippen molar-refractivity contribution in [2.75, 3.05) is 31.1 Å². The van der Waals surface area contributed by atoms with Gasteiger partial charge in [-0.15, -0.1) is 0 Å². The number of fused-ring (bicyclic) bond motifs is 1. The van der Waals surface area contributed by atoms with Crippen LogP contribution in [0.25, 0.3) is 0 Å². The van der Waals surface area contributed by atoms with Gasteiger partial charge in [0.25, 0.3) is 5.91 Å². The number of nitrogens with zero attached hydrogens (tertiary/aromatic N) is 1. The largest absolute Gasteiger partial charge is 0.449 e. The fraction of sp³-hybridized carbons (Fsp3) is 0.400. The molecule has 112 valence electrons. The van der Waals surface area contributed by atoms with Crippen LogP contribution >= 0.6 is 11.6 Å². The van der Waals surface area contributed by atoms with Crippen molar-refractivity contribution in [3.8, 4) is 5.75 Å². The van der Waals surface area contributed by atoms with Crippen molar-refractivity contribution in [1.82, 2.24) is 5.32 Å². The molecule has 1 saturated heterocycles. The average molecular weight is 308 g/mol. The smallest absolute Gasteiger partial charge is 0.294 e. The standard InChI is InChI=1S/C15H18ClN3O2/c16-11-1-2-13-12(9-11)19(8-5-17)15(20)14(21-13)10-3-6-18-7-4-10/h1-2,9,18H,3-8,17H2. The van der Waals surface area contributed by atoms with Crippen LogP contribution in [0.4, 0.5) is 5.69 Å². The topological polar surface area (TPSA) is 67.6 Å². The van der Waals surface area contributed by atoms with E-state index in [0.29, 0.717) is 35.3 Å². The number of anilines is 1. The van der Waals surface area contributed by atoms with Gasteiger partial charge in [-0.05, 0) is 49.7 Å². The Kier molecular flexibility index (Phi) is 4.14. The van der Waals surface area contributed by atoms with Crippen LogP contribution in [0.5, 0.6) is 5.75 Å². The molecule has 3 rings (SSSR count). The second-order valence-electron chi connectivity index (χ2n) is 5.14. The summed E-state index contributed by atoms with van der Waals surface area (Å²) in [5.74, 6) is 1.00. The molecule has 0 spiro atoms. The molecule has 1 fully saturated rings. The van der Waals surface area contributed by atoms with Crippen molar-refractivity contribution in [3.05, 3.63) is 34.6 Å². The zero-order valence-electron chi connectivity index (χ0n) is 11.7. The molecular weight excluding hydrogens is 290 g/mol. The molecule has 0 radical (unpaired) electrons. The second-order valence-corrected chi connectivity index (χ2v) is 5.58. The molecule has 6 heteroatoms. The van der Waals surface area contributed by atoms with Crippen LogP contribution in [0.2, 0.25) is 5.02 Å². The molecule has 0 atom stereocenters. The van der Waals surface area contributed by atoms with Gasteiger partial charge in [0.1, 0.15) is 0 Å². The summed E-state index contributed by atoms with van der Waals surface area (Å²) in [6.07, 6.45) is 1.67. The number of hydrogen-bond acceptors (Lipinski definition) is 4. The summed E-state index contributed by atoms with van der Waals surface area (Å²) < 4.78 is 5.88. The molecule has 1 amide bonds. The number of amides is 1. The van der Waals surface area contributed by atoms with E-state index in [0.717, 1.165) is 31.5 Å². The molecule has 21 heavy (non-hydrogen) atoms. The van der Waals surface area contributed by atoms with E-state index in [9.17, 15) is 4.79 Å². The van der Waals surface area contributed by atoms with Gasteiger partial charge in [0.05, 0.1) is 5.69 Å². The third-order valence-corrected chi connectivity index (χ3v) is 3.98. The number of halogens is 1. The zero-order valence-corrected chi connectivity index (χ0v) is 12.4. The molecule has 1 aromatic carbocycles. The van der Waals surface area contributed by atoms with Crippen molar-refractivity contribution in [2.24, 2.45) is 5.73 Å². The summed E-state index contributed by atoms with van der Waals surface area (Å²) in [7, 11) is 0. The van der Waals surface area contributed by atoms with Gasteiger partial charge in [0.2, 0.25) is 0 Å². The van der Waals surface area contributed by atoms with Crippen LogP contribution in [-0.4, -0.2) is 32.1 Å². The third kappa shape index (κ3) is 2.77. The first-order valence-electron chi connectivity index (χ1n) is 7.13.